The van der Waals surface area contributed by atoms with Crippen LogP contribution in [0.15, 0.2) is 11.6 Å². The molecule has 13 heavy (non-hydrogen) atoms. The smallest absolute Gasteiger partial charge is 0.331 e. The van der Waals surface area contributed by atoms with Crippen molar-refractivity contribution in [2.24, 2.45) is 5.92 Å². The molecule has 0 N–H and O–H groups in total. The fourth-order valence-electron chi connectivity index (χ4n) is 3.34. The Labute approximate surface area is 78.0 Å². The normalized spacial score (nSPS) is 42.3. The second-order valence-electron chi connectivity index (χ2n) is 4.46. The summed E-state index contributed by atoms with van der Waals surface area (Å²) in [5.41, 5.74) is 1.18. The molecule has 0 saturated heterocycles. The molecule has 2 heteroatoms. The topological polar surface area (TPSA) is 26.3 Å². The Balaban J connectivity index is 2.04. The van der Waals surface area contributed by atoms with E-state index >= 15 is 0 Å². The highest BCUT2D eigenvalue weighted by molar-refractivity contribution is 5.87. The molecule has 0 aromatic heterocycles. The van der Waals surface area contributed by atoms with Crippen LogP contribution in [0.2, 0.25) is 0 Å². The average Bonchev–Trinajstić information content (AvgIpc) is 2.61. The van der Waals surface area contributed by atoms with E-state index in [0.717, 1.165) is 12.8 Å². The van der Waals surface area contributed by atoms with Crippen LogP contribution in [-0.2, 0) is 9.53 Å². The summed E-state index contributed by atoms with van der Waals surface area (Å²) in [5.74, 6) is 0.544. The zero-order valence-corrected chi connectivity index (χ0v) is 7.71. The number of carbonyl (C=O) groups excluding carboxylic acids is 1. The molecule has 0 aromatic rings. The molecule has 0 aromatic carbocycles. The molecule has 70 valence electrons. The lowest BCUT2D eigenvalue weighted by Gasteiger charge is -2.36. The van der Waals surface area contributed by atoms with Crippen LogP contribution in [0.1, 0.15) is 38.5 Å². The Morgan fingerprint density at radius 1 is 1.38 bits per heavy atom. The van der Waals surface area contributed by atoms with Crippen LogP contribution in [-0.4, -0.2) is 11.6 Å². The van der Waals surface area contributed by atoms with Crippen LogP contribution in [0.3, 0.4) is 0 Å². The van der Waals surface area contributed by atoms with Gasteiger partial charge in [-0.1, -0.05) is 0 Å². The van der Waals surface area contributed by atoms with Crippen molar-refractivity contribution in [3.63, 3.8) is 0 Å². The van der Waals surface area contributed by atoms with Gasteiger partial charge in [0.2, 0.25) is 0 Å². The zero-order valence-electron chi connectivity index (χ0n) is 7.71. The van der Waals surface area contributed by atoms with Gasteiger partial charge in [0, 0.05) is 12.0 Å². The largest absolute Gasteiger partial charge is 0.451 e. The SMILES string of the molecule is O=C1C=C2CCC[C@@H]3CCC[C@]23O1. The van der Waals surface area contributed by atoms with Gasteiger partial charge in [0.25, 0.3) is 0 Å². The molecule has 2 nitrogen and oxygen atoms in total. The van der Waals surface area contributed by atoms with Crippen LogP contribution in [0.5, 0.6) is 0 Å². The predicted molar refractivity (Wildman–Crippen MR) is 48.1 cm³/mol. The predicted octanol–water partition coefficient (Wildman–Crippen LogP) is 2.19. The highest BCUT2D eigenvalue weighted by Gasteiger charge is 2.53. The molecular weight excluding hydrogens is 164 g/mol. The average molecular weight is 178 g/mol. The van der Waals surface area contributed by atoms with Gasteiger partial charge in [-0.15, -0.1) is 0 Å². The van der Waals surface area contributed by atoms with E-state index in [1.807, 2.05) is 0 Å². The molecule has 2 atom stereocenters. The first-order valence-electron chi connectivity index (χ1n) is 5.25. The molecule has 2 aliphatic carbocycles. The van der Waals surface area contributed by atoms with E-state index in [-0.39, 0.29) is 11.6 Å². The Morgan fingerprint density at radius 3 is 3.15 bits per heavy atom. The third-order valence-corrected chi connectivity index (χ3v) is 3.88. The van der Waals surface area contributed by atoms with Crippen molar-refractivity contribution in [3.8, 4) is 0 Å². The van der Waals surface area contributed by atoms with Crippen molar-refractivity contribution in [3.05, 3.63) is 11.6 Å². The van der Waals surface area contributed by atoms with Crippen molar-refractivity contribution < 1.29 is 9.53 Å². The van der Waals surface area contributed by atoms with Gasteiger partial charge in [-0.2, -0.15) is 0 Å². The number of hydrogen-bond donors (Lipinski definition) is 0. The van der Waals surface area contributed by atoms with Crippen molar-refractivity contribution in [1.29, 1.82) is 0 Å². The monoisotopic (exact) mass is 178 g/mol. The molecule has 3 rings (SSSR count). The number of ether oxygens (including phenoxy) is 1. The van der Waals surface area contributed by atoms with Crippen LogP contribution < -0.4 is 0 Å². The van der Waals surface area contributed by atoms with E-state index in [2.05, 4.69) is 0 Å². The molecular formula is C11H14O2. The lowest BCUT2D eigenvalue weighted by Crippen LogP contribution is -2.38. The molecule has 0 bridgehead atoms. The first kappa shape index (κ1) is 7.60. The number of rotatable bonds is 0. The first-order chi connectivity index (χ1) is 6.31. The van der Waals surface area contributed by atoms with Crippen molar-refractivity contribution in [2.75, 3.05) is 0 Å². The summed E-state index contributed by atoms with van der Waals surface area (Å²) in [5, 5.41) is 0. The minimum atomic E-state index is -0.116. The van der Waals surface area contributed by atoms with Crippen LogP contribution >= 0.6 is 0 Å². The third-order valence-electron chi connectivity index (χ3n) is 3.88. The quantitative estimate of drug-likeness (QED) is 0.531. The minimum absolute atomic E-state index is 0.0937. The maximum absolute atomic E-state index is 11.2. The molecule has 3 aliphatic rings. The summed E-state index contributed by atoms with van der Waals surface area (Å²) in [6.07, 6.45) is 8.90. The summed E-state index contributed by atoms with van der Waals surface area (Å²) >= 11 is 0. The summed E-state index contributed by atoms with van der Waals surface area (Å²) in [7, 11) is 0. The van der Waals surface area contributed by atoms with Gasteiger partial charge in [0.15, 0.2) is 0 Å². The van der Waals surface area contributed by atoms with Gasteiger partial charge >= 0.3 is 5.97 Å². The van der Waals surface area contributed by atoms with Gasteiger partial charge < -0.3 is 4.74 Å². The van der Waals surface area contributed by atoms with E-state index < -0.39 is 0 Å². The Kier molecular flexibility index (Phi) is 1.38. The highest BCUT2D eigenvalue weighted by Crippen LogP contribution is 2.53. The van der Waals surface area contributed by atoms with Crippen LogP contribution in [0.25, 0.3) is 0 Å². The van der Waals surface area contributed by atoms with E-state index in [0.29, 0.717) is 5.92 Å². The summed E-state index contributed by atoms with van der Waals surface area (Å²) < 4.78 is 5.55. The molecule has 1 aliphatic heterocycles. The van der Waals surface area contributed by atoms with Gasteiger partial charge in [-0.25, -0.2) is 4.79 Å². The molecule has 2 fully saturated rings. The molecule has 1 spiro atoms. The van der Waals surface area contributed by atoms with Gasteiger partial charge in [0.05, 0.1) is 0 Å². The van der Waals surface area contributed by atoms with Crippen molar-refractivity contribution in [1.82, 2.24) is 0 Å². The number of esters is 1. The molecule has 0 radical (unpaired) electrons. The first-order valence-corrected chi connectivity index (χ1v) is 5.25. The van der Waals surface area contributed by atoms with Gasteiger partial charge in [-0.3, -0.25) is 0 Å². The van der Waals surface area contributed by atoms with Crippen LogP contribution in [0, 0.1) is 5.92 Å². The van der Waals surface area contributed by atoms with Crippen molar-refractivity contribution >= 4 is 5.97 Å². The second kappa shape index (κ2) is 2.37. The minimum Gasteiger partial charge on any atom is -0.451 e. The molecule has 1 heterocycles. The fraction of sp³-hybridized carbons (Fsp3) is 0.727. The summed E-state index contributed by atoms with van der Waals surface area (Å²) in [4.78, 5) is 11.2. The Hall–Kier alpha value is -0.790. The second-order valence-corrected chi connectivity index (χ2v) is 4.46. The van der Waals surface area contributed by atoms with Gasteiger partial charge in [0.1, 0.15) is 5.60 Å². The van der Waals surface area contributed by atoms with E-state index in [4.69, 9.17) is 4.74 Å². The van der Waals surface area contributed by atoms with E-state index in [1.54, 1.807) is 6.08 Å². The van der Waals surface area contributed by atoms with Gasteiger partial charge in [-0.05, 0) is 44.1 Å². The molecule has 0 amide bonds. The number of hydrogen-bond acceptors (Lipinski definition) is 2. The molecule has 2 saturated carbocycles. The maximum atomic E-state index is 11.2. The van der Waals surface area contributed by atoms with Crippen LogP contribution in [0.4, 0.5) is 0 Å². The van der Waals surface area contributed by atoms with Crippen molar-refractivity contribution in [2.45, 2.75) is 44.1 Å². The zero-order chi connectivity index (χ0) is 8.89. The lowest BCUT2D eigenvalue weighted by atomic mass is 9.75. The third kappa shape index (κ3) is 0.862. The summed E-state index contributed by atoms with van der Waals surface area (Å²) in [6, 6.07) is 0. The lowest BCUT2D eigenvalue weighted by molar-refractivity contribution is -0.149. The highest BCUT2D eigenvalue weighted by atomic mass is 16.6. The number of carbonyl (C=O) groups is 1. The van der Waals surface area contributed by atoms with E-state index in [9.17, 15) is 4.79 Å². The summed E-state index contributed by atoms with van der Waals surface area (Å²) in [6.45, 7) is 0. The Morgan fingerprint density at radius 2 is 2.23 bits per heavy atom. The fourth-order valence-corrected chi connectivity index (χ4v) is 3.34. The maximum Gasteiger partial charge on any atom is 0.331 e. The standard InChI is InChI=1S/C11H14O2/c12-10-7-9-4-1-3-8-5-2-6-11(8,9)13-10/h7-8H,1-6H2/t8-,11-/m1/s1. The van der Waals surface area contributed by atoms with E-state index in [1.165, 1.54) is 31.3 Å². The molecule has 0 unspecified atom stereocenters. The Bertz CT molecular complexity index is 292.